The highest BCUT2D eigenvalue weighted by molar-refractivity contribution is 7.89. The number of nitriles is 1. The monoisotopic (exact) mass is 309 g/mol. The standard InChI is InChI=1S/C15H23N3O2S/c1-12-6-7-13(10-14(12)21(19,20)17-4)18-11-15(2,3)8-5-9-16/h6-7,10,17-18H,5,8,11H2,1-4H3. The molecule has 0 saturated heterocycles. The van der Waals surface area contributed by atoms with Gasteiger partial charge in [0, 0.05) is 18.7 Å². The molecule has 0 bridgehead atoms. The molecule has 116 valence electrons. The molecule has 0 amide bonds. The van der Waals surface area contributed by atoms with Crippen LogP contribution in [0, 0.1) is 23.7 Å². The molecule has 0 radical (unpaired) electrons. The van der Waals surface area contributed by atoms with Gasteiger partial charge in [-0.15, -0.1) is 0 Å². The molecule has 0 saturated carbocycles. The van der Waals surface area contributed by atoms with E-state index in [1.165, 1.54) is 7.05 Å². The minimum absolute atomic E-state index is 0.0251. The van der Waals surface area contributed by atoms with Crippen LogP contribution in [-0.4, -0.2) is 22.0 Å². The van der Waals surface area contributed by atoms with Gasteiger partial charge in [-0.2, -0.15) is 5.26 Å². The topological polar surface area (TPSA) is 82.0 Å². The maximum Gasteiger partial charge on any atom is 0.240 e. The smallest absolute Gasteiger partial charge is 0.240 e. The Bertz CT molecular complexity index is 631. The first-order valence-corrected chi connectivity index (χ1v) is 8.35. The van der Waals surface area contributed by atoms with Crippen LogP contribution in [-0.2, 0) is 10.0 Å². The van der Waals surface area contributed by atoms with Crippen LogP contribution in [0.2, 0.25) is 0 Å². The summed E-state index contributed by atoms with van der Waals surface area (Å²) in [7, 11) is -2.05. The second-order valence-electron chi connectivity index (χ2n) is 5.86. The Kier molecular flexibility index (Phi) is 5.76. The van der Waals surface area contributed by atoms with Crippen LogP contribution in [0.1, 0.15) is 32.3 Å². The van der Waals surface area contributed by atoms with Crippen molar-refractivity contribution in [3.63, 3.8) is 0 Å². The lowest BCUT2D eigenvalue weighted by Crippen LogP contribution is -2.23. The first-order valence-electron chi connectivity index (χ1n) is 6.87. The van der Waals surface area contributed by atoms with E-state index in [1.807, 2.05) is 6.07 Å². The zero-order valence-corrected chi connectivity index (χ0v) is 13.8. The number of nitrogens with one attached hydrogen (secondary N) is 2. The number of aryl methyl sites for hydroxylation is 1. The molecule has 6 heteroatoms. The first kappa shape index (κ1) is 17.5. The fourth-order valence-corrected chi connectivity index (χ4v) is 2.93. The summed E-state index contributed by atoms with van der Waals surface area (Å²) in [5.41, 5.74) is 1.45. The molecule has 1 aromatic carbocycles. The quantitative estimate of drug-likeness (QED) is 0.811. The second kappa shape index (κ2) is 6.92. The Labute approximate surface area is 127 Å². The molecule has 21 heavy (non-hydrogen) atoms. The molecule has 1 aromatic rings. The van der Waals surface area contributed by atoms with Crippen molar-refractivity contribution in [3.8, 4) is 6.07 Å². The summed E-state index contributed by atoms with van der Waals surface area (Å²) < 4.78 is 26.2. The van der Waals surface area contributed by atoms with E-state index in [0.717, 1.165) is 12.1 Å². The minimum Gasteiger partial charge on any atom is -0.384 e. The Balaban J connectivity index is 2.88. The Morgan fingerprint density at radius 3 is 2.57 bits per heavy atom. The minimum atomic E-state index is -3.45. The molecule has 0 aliphatic rings. The Hall–Kier alpha value is -1.58. The summed E-state index contributed by atoms with van der Waals surface area (Å²) in [6, 6.07) is 7.44. The molecule has 0 aliphatic heterocycles. The number of sulfonamides is 1. The van der Waals surface area contributed by atoms with Crippen molar-refractivity contribution < 1.29 is 8.42 Å². The number of benzene rings is 1. The summed E-state index contributed by atoms with van der Waals surface area (Å²) in [6.07, 6.45) is 1.31. The summed E-state index contributed by atoms with van der Waals surface area (Å²) in [5, 5.41) is 11.9. The van der Waals surface area contributed by atoms with E-state index in [9.17, 15) is 8.42 Å². The van der Waals surface area contributed by atoms with Gasteiger partial charge in [-0.1, -0.05) is 19.9 Å². The maximum absolute atomic E-state index is 11.9. The Morgan fingerprint density at radius 1 is 1.33 bits per heavy atom. The van der Waals surface area contributed by atoms with Crippen molar-refractivity contribution in [2.24, 2.45) is 5.41 Å². The molecule has 0 unspecified atom stereocenters. The number of anilines is 1. The Morgan fingerprint density at radius 2 is 2.00 bits per heavy atom. The van der Waals surface area contributed by atoms with Gasteiger partial charge in [0.25, 0.3) is 0 Å². The van der Waals surface area contributed by atoms with Gasteiger partial charge in [0.2, 0.25) is 10.0 Å². The lowest BCUT2D eigenvalue weighted by molar-refractivity contribution is 0.364. The van der Waals surface area contributed by atoms with E-state index in [4.69, 9.17) is 5.26 Å². The van der Waals surface area contributed by atoms with Crippen LogP contribution >= 0.6 is 0 Å². The maximum atomic E-state index is 11.9. The van der Waals surface area contributed by atoms with Crippen molar-refractivity contribution in [1.29, 1.82) is 5.26 Å². The third-order valence-electron chi connectivity index (χ3n) is 3.43. The van der Waals surface area contributed by atoms with Gasteiger partial charge in [0.1, 0.15) is 0 Å². The fraction of sp³-hybridized carbons (Fsp3) is 0.533. The molecule has 2 N–H and O–H groups in total. The van der Waals surface area contributed by atoms with Gasteiger partial charge in [-0.3, -0.25) is 0 Å². The van der Waals surface area contributed by atoms with E-state index in [1.54, 1.807) is 19.1 Å². The predicted octanol–water partition coefficient (Wildman–Crippen LogP) is 2.65. The van der Waals surface area contributed by atoms with Crippen molar-refractivity contribution in [2.75, 3.05) is 18.9 Å². The van der Waals surface area contributed by atoms with Crippen molar-refractivity contribution in [1.82, 2.24) is 4.72 Å². The lowest BCUT2D eigenvalue weighted by Gasteiger charge is -2.24. The van der Waals surface area contributed by atoms with E-state index < -0.39 is 10.0 Å². The van der Waals surface area contributed by atoms with Gasteiger partial charge in [-0.25, -0.2) is 13.1 Å². The summed E-state index contributed by atoms with van der Waals surface area (Å²) in [5.74, 6) is 0. The van der Waals surface area contributed by atoms with Crippen molar-refractivity contribution in [3.05, 3.63) is 23.8 Å². The van der Waals surface area contributed by atoms with E-state index >= 15 is 0 Å². The van der Waals surface area contributed by atoms with E-state index in [0.29, 0.717) is 18.5 Å². The molecule has 0 aliphatic carbocycles. The molecule has 5 nitrogen and oxygen atoms in total. The third kappa shape index (κ3) is 5.03. The van der Waals surface area contributed by atoms with Crippen LogP contribution in [0.4, 0.5) is 5.69 Å². The van der Waals surface area contributed by atoms with Gasteiger partial charge in [-0.05, 0) is 43.5 Å². The SMILES string of the molecule is CNS(=O)(=O)c1cc(NCC(C)(C)CCC#N)ccc1C. The van der Waals surface area contributed by atoms with Gasteiger partial charge in [0.15, 0.2) is 0 Å². The van der Waals surface area contributed by atoms with Crippen molar-refractivity contribution >= 4 is 15.7 Å². The summed E-state index contributed by atoms with van der Waals surface area (Å²) in [4.78, 5) is 0.282. The van der Waals surface area contributed by atoms with Gasteiger partial charge < -0.3 is 5.32 Å². The van der Waals surface area contributed by atoms with E-state index in [-0.39, 0.29) is 10.3 Å². The number of hydrogen-bond acceptors (Lipinski definition) is 4. The molecule has 0 atom stereocenters. The van der Waals surface area contributed by atoms with Gasteiger partial charge >= 0.3 is 0 Å². The average molecular weight is 309 g/mol. The largest absolute Gasteiger partial charge is 0.384 e. The number of nitrogens with zero attached hydrogens (tertiary/aromatic N) is 1. The van der Waals surface area contributed by atoms with Crippen LogP contribution < -0.4 is 10.0 Å². The zero-order chi connectivity index (χ0) is 16.1. The molecular formula is C15H23N3O2S. The highest BCUT2D eigenvalue weighted by Crippen LogP contribution is 2.25. The fourth-order valence-electron chi connectivity index (χ4n) is 1.93. The third-order valence-corrected chi connectivity index (χ3v) is 4.99. The average Bonchev–Trinajstić information content (AvgIpc) is 2.44. The summed E-state index contributed by atoms with van der Waals surface area (Å²) in [6.45, 7) is 6.61. The molecule has 0 fully saturated rings. The number of hydrogen-bond donors (Lipinski definition) is 2. The molecule has 0 spiro atoms. The molecule has 0 aromatic heterocycles. The van der Waals surface area contributed by atoms with Crippen LogP contribution in [0.5, 0.6) is 0 Å². The second-order valence-corrected chi connectivity index (χ2v) is 7.72. The molecular weight excluding hydrogens is 286 g/mol. The van der Waals surface area contributed by atoms with Crippen LogP contribution in [0.25, 0.3) is 0 Å². The highest BCUT2D eigenvalue weighted by Gasteiger charge is 2.18. The lowest BCUT2D eigenvalue weighted by atomic mass is 9.88. The first-order chi connectivity index (χ1) is 9.72. The van der Waals surface area contributed by atoms with Crippen LogP contribution in [0.3, 0.4) is 0 Å². The zero-order valence-electron chi connectivity index (χ0n) is 13.0. The molecule has 0 heterocycles. The van der Waals surface area contributed by atoms with Gasteiger partial charge in [0.05, 0.1) is 11.0 Å². The predicted molar refractivity (Wildman–Crippen MR) is 84.5 cm³/mol. The van der Waals surface area contributed by atoms with Crippen LogP contribution in [0.15, 0.2) is 23.1 Å². The number of rotatable bonds is 7. The van der Waals surface area contributed by atoms with E-state index in [2.05, 4.69) is 30.0 Å². The normalized spacial score (nSPS) is 12.0. The molecule has 1 rings (SSSR count). The van der Waals surface area contributed by atoms with Crippen molar-refractivity contribution in [2.45, 2.75) is 38.5 Å². The summed E-state index contributed by atoms with van der Waals surface area (Å²) >= 11 is 0. The highest BCUT2D eigenvalue weighted by atomic mass is 32.2.